The summed E-state index contributed by atoms with van der Waals surface area (Å²) in [6.07, 6.45) is 0.921. The maximum Gasteiger partial charge on any atom is 0.210 e. The minimum Gasteiger partial charge on any atom is -0.334 e. The van der Waals surface area contributed by atoms with Crippen LogP contribution in [-0.2, 0) is 11.3 Å². The highest BCUT2D eigenvalue weighted by atomic mass is 16.1. The maximum atomic E-state index is 11.3. The zero-order valence-electron chi connectivity index (χ0n) is 10.5. The molecule has 2 heteroatoms. The second-order valence-electron chi connectivity index (χ2n) is 4.35. The average molecular weight is 239 g/mol. The lowest BCUT2D eigenvalue weighted by Gasteiger charge is -2.25. The van der Waals surface area contributed by atoms with Crippen LogP contribution in [0.25, 0.3) is 0 Å². The Morgan fingerprint density at radius 3 is 2.11 bits per heavy atom. The average Bonchev–Trinajstić information content (AvgIpc) is 2.46. The van der Waals surface area contributed by atoms with Crippen LogP contribution in [0.2, 0.25) is 0 Å². The van der Waals surface area contributed by atoms with Crippen LogP contribution >= 0.6 is 0 Å². The smallest absolute Gasteiger partial charge is 0.210 e. The Hall–Kier alpha value is -2.09. The minimum atomic E-state index is 0.0870. The molecule has 0 N–H and O–H groups in total. The normalized spacial score (nSPS) is 11.8. The summed E-state index contributed by atoms with van der Waals surface area (Å²) in [7, 11) is 0. The SMILES string of the molecule is C[C@@H](c1ccccc1)N(C=O)Cc1ccccc1. The molecule has 0 aromatic heterocycles. The molecule has 1 amide bonds. The summed E-state index contributed by atoms with van der Waals surface area (Å²) in [6.45, 7) is 2.69. The van der Waals surface area contributed by atoms with Gasteiger partial charge in [0.1, 0.15) is 0 Å². The number of benzene rings is 2. The van der Waals surface area contributed by atoms with Crippen molar-refractivity contribution in [2.75, 3.05) is 0 Å². The van der Waals surface area contributed by atoms with E-state index in [1.807, 2.05) is 72.5 Å². The summed E-state index contributed by atoms with van der Waals surface area (Å²) in [5.41, 5.74) is 2.30. The first-order chi connectivity index (χ1) is 8.81. The second kappa shape index (κ2) is 6.01. The third-order valence-corrected chi connectivity index (χ3v) is 3.12. The highest BCUT2D eigenvalue weighted by Crippen LogP contribution is 2.20. The van der Waals surface area contributed by atoms with E-state index in [1.54, 1.807) is 0 Å². The van der Waals surface area contributed by atoms with Crippen molar-refractivity contribution in [3.05, 3.63) is 71.8 Å². The van der Waals surface area contributed by atoms with Crippen molar-refractivity contribution >= 4 is 6.41 Å². The third kappa shape index (κ3) is 2.98. The lowest BCUT2D eigenvalue weighted by Crippen LogP contribution is -2.24. The Morgan fingerprint density at radius 1 is 1.00 bits per heavy atom. The summed E-state index contributed by atoms with van der Waals surface area (Å²) in [5.74, 6) is 0. The van der Waals surface area contributed by atoms with Crippen molar-refractivity contribution in [1.29, 1.82) is 0 Å². The molecular formula is C16H17NO. The standard InChI is InChI=1S/C16H17NO/c1-14(16-10-6-3-7-11-16)17(13-18)12-15-8-4-2-5-9-15/h2-11,13-14H,12H2,1H3/t14-/m0/s1. The lowest BCUT2D eigenvalue weighted by molar-refractivity contribution is -0.120. The van der Waals surface area contributed by atoms with Crippen molar-refractivity contribution < 1.29 is 4.79 Å². The first-order valence-electron chi connectivity index (χ1n) is 6.11. The number of rotatable bonds is 5. The van der Waals surface area contributed by atoms with Gasteiger partial charge in [0.05, 0.1) is 6.04 Å². The van der Waals surface area contributed by atoms with E-state index in [2.05, 4.69) is 0 Å². The zero-order chi connectivity index (χ0) is 12.8. The molecule has 0 unspecified atom stereocenters. The summed E-state index contributed by atoms with van der Waals surface area (Å²) in [5, 5.41) is 0. The number of hydrogen-bond donors (Lipinski definition) is 0. The lowest BCUT2D eigenvalue weighted by atomic mass is 10.1. The number of carbonyl (C=O) groups is 1. The fourth-order valence-corrected chi connectivity index (χ4v) is 1.98. The minimum absolute atomic E-state index is 0.0870. The molecule has 0 aliphatic carbocycles. The molecule has 18 heavy (non-hydrogen) atoms. The molecule has 0 saturated carbocycles. The van der Waals surface area contributed by atoms with Crippen LogP contribution in [0, 0.1) is 0 Å². The van der Waals surface area contributed by atoms with Crippen LogP contribution in [0.15, 0.2) is 60.7 Å². The zero-order valence-corrected chi connectivity index (χ0v) is 10.5. The molecule has 0 fully saturated rings. The Morgan fingerprint density at radius 2 is 1.56 bits per heavy atom. The van der Waals surface area contributed by atoms with E-state index in [9.17, 15) is 4.79 Å². The summed E-state index contributed by atoms with van der Waals surface area (Å²) in [6, 6.07) is 20.2. The topological polar surface area (TPSA) is 20.3 Å². The fourth-order valence-electron chi connectivity index (χ4n) is 1.98. The van der Waals surface area contributed by atoms with Gasteiger partial charge in [0.15, 0.2) is 0 Å². The molecule has 2 nitrogen and oxygen atoms in total. The van der Waals surface area contributed by atoms with Crippen molar-refractivity contribution in [3.63, 3.8) is 0 Å². The van der Waals surface area contributed by atoms with Gasteiger partial charge in [0, 0.05) is 6.54 Å². The van der Waals surface area contributed by atoms with Gasteiger partial charge in [0.2, 0.25) is 6.41 Å². The van der Waals surface area contributed by atoms with E-state index >= 15 is 0 Å². The van der Waals surface area contributed by atoms with Gasteiger partial charge < -0.3 is 4.90 Å². The molecule has 1 atom stereocenters. The quantitative estimate of drug-likeness (QED) is 0.732. The fraction of sp³-hybridized carbons (Fsp3) is 0.188. The molecule has 0 saturated heterocycles. The molecule has 0 bridgehead atoms. The Bertz CT molecular complexity index is 481. The Kier molecular flexibility index (Phi) is 4.13. The van der Waals surface area contributed by atoms with Crippen LogP contribution in [-0.4, -0.2) is 11.3 Å². The number of hydrogen-bond acceptors (Lipinski definition) is 1. The summed E-state index contributed by atoms with van der Waals surface area (Å²) < 4.78 is 0. The van der Waals surface area contributed by atoms with E-state index < -0.39 is 0 Å². The van der Waals surface area contributed by atoms with E-state index in [1.165, 1.54) is 0 Å². The molecule has 2 rings (SSSR count). The number of nitrogens with zero attached hydrogens (tertiary/aromatic N) is 1. The van der Waals surface area contributed by atoms with E-state index in [0.717, 1.165) is 17.5 Å². The molecular weight excluding hydrogens is 222 g/mol. The Balaban J connectivity index is 2.12. The highest BCUT2D eigenvalue weighted by Gasteiger charge is 2.13. The Labute approximate surface area is 108 Å². The van der Waals surface area contributed by atoms with Crippen LogP contribution < -0.4 is 0 Å². The van der Waals surface area contributed by atoms with Gasteiger partial charge in [-0.1, -0.05) is 60.7 Å². The first kappa shape index (κ1) is 12.4. The largest absolute Gasteiger partial charge is 0.334 e. The molecule has 2 aromatic rings. The van der Waals surface area contributed by atoms with Crippen LogP contribution in [0.5, 0.6) is 0 Å². The predicted molar refractivity (Wildman–Crippen MR) is 72.9 cm³/mol. The van der Waals surface area contributed by atoms with Crippen LogP contribution in [0.3, 0.4) is 0 Å². The van der Waals surface area contributed by atoms with E-state index in [0.29, 0.717) is 6.54 Å². The second-order valence-corrected chi connectivity index (χ2v) is 4.35. The molecule has 0 heterocycles. The molecule has 0 aliphatic heterocycles. The summed E-state index contributed by atoms with van der Waals surface area (Å²) >= 11 is 0. The van der Waals surface area contributed by atoms with Gasteiger partial charge in [-0.2, -0.15) is 0 Å². The molecule has 2 aromatic carbocycles. The van der Waals surface area contributed by atoms with Gasteiger partial charge in [-0.15, -0.1) is 0 Å². The third-order valence-electron chi connectivity index (χ3n) is 3.12. The van der Waals surface area contributed by atoms with Crippen molar-refractivity contribution in [3.8, 4) is 0 Å². The van der Waals surface area contributed by atoms with Crippen LogP contribution in [0.1, 0.15) is 24.1 Å². The monoisotopic (exact) mass is 239 g/mol. The molecule has 0 aliphatic rings. The van der Waals surface area contributed by atoms with Crippen LogP contribution in [0.4, 0.5) is 0 Å². The van der Waals surface area contributed by atoms with Crippen molar-refractivity contribution in [1.82, 2.24) is 4.90 Å². The van der Waals surface area contributed by atoms with Crippen molar-refractivity contribution in [2.24, 2.45) is 0 Å². The highest BCUT2D eigenvalue weighted by molar-refractivity contribution is 5.49. The predicted octanol–water partition coefficient (Wildman–Crippen LogP) is 3.41. The molecule has 92 valence electrons. The number of carbonyl (C=O) groups excluding carboxylic acids is 1. The van der Waals surface area contributed by atoms with E-state index in [4.69, 9.17) is 0 Å². The number of amides is 1. The first-order valence-corrected chi connectivity index (χ1v) is 6.11. The molecule has 0 radical (unpaired) electrons. The molecule has 0 spiro atoms. The van der Waals surface area contributed by atoms with Gasteiger partial charge in [-0.3, -0.25) is 4.79 Å². The van der Waals surface area contributed by atoms with Gasteiger partial charge in [-0.25, -0.2) is 0 Å². The van der Waals surface area contributed by atoms with E-state index in [-0.39, 0.29) is 6.04 Å². The van der Waals surface area contributed by atoms with Crippen molar-refractivity contribution in [2.45, 2.75) is 19.5 Å². The van der Waals surface area contributed by atoms with Gasteiger partial charge in [0.25, 0.3) is 0 Å². The summed E-state index contributed by atoms with van der Waals surface area (Å²) in [4.78, 5) is 13.1. The van der Waals surface area contributed by atoms with Gasteiger partial charge in [-0.05, 0) is 18.1 Å². The maximum absolute atomic E-state index is 11.3. The van der Waals surface area contributed by atoms with Gasteiger partial charge >= 0.3 is 0 Å².